The second-order valence-corrected chi connectivity index (χ2v) is 7.17. The fourth-order valence-electron chi connectivity index (χ4n) is 3.08. The summed E-state index contributed by atoms with van der Waals surface area (Å²) in [5, 5.41) is 1.07. The number of allylic oxidation sites excluding steroid dienone is 1. The number of para-hydroxylation sites is 1. The molecule has 4 rings (SSSR count). The second kappa shape index (κ2) is 7.63. The topological polar surface area (TPSA) is 43.4 Å². The van der Waals surface area contributed by atoms with Crippen LogP contribution >= 0.6 is 23.2 Å². The molecule has 1 aliphatic carbocycles. The number of hydrogen-bond acceptors (Lipinski definition) is 3. The van der Waals surface area contributed by atoms with Gasteiger partial charge in [-0.25, -0.2) is 0 Å². The van der Waals surface area contributed by atoms with Crippen LogP contribution in [-0.2, 0) is 6.61 Å². The molecule has 138 valence electrons. The largest absolute Gasteiger partial charge is 0.488 e. The van der Waals surface area contributed by atoms with Gasteiger partial charge < -0.3 is 4.74 Å². The number of carbonyl (C=O) groups excluding carboxylic acids is 2. The van der Waals surface area contributed by atoms with E-state index in [2.05, 4.69) is 0 Å². The molecule has 3 aromatic rings. The molecule has 0 amide bonds. The molecule has 0 N–H and O–H groups in total. The summed E-state index contributed by atoms with van der Waals surface area (Å²) in [4.78, 5) is 25.2. The minimum atomic E-state index is -0.267. The maximum atomic E-state index is 12.6. The molecule has 0 saturated carbocycles. The molecule has 0 spiro atoms. The lowest BCUT2D eigenvalue weighted by atomic mass is 10.1. The van der Waals surface area contributed by atoms with E-state index in [1.165, 1.54) is 0 Å². The van der Waals surface area contributed by atoms with Gasteiger partial charge in [0, 0.05) is 32.3 Å². The minimum absolute atomic E-state index is 0.141. The summed E-state index contributed by atoms with van der Waals surface area (Å²) in [5.41, 5.74) is 2.45. The van der Waals surface area contributed by atoms with Gasteiger partial charge in [0.05, 0.1) is 5.57 Å². The zero-order valence-electron chi connectivity index (χ0n) is 14.6. The van der Waals surface area contributed by atoms with Crippen molar-refractivity contribution in [2.45, 2.75) is 6.61 Å². The summed E-state index contributed by atoms with van der Waals surface area (Å²) in [5.74, 6) is 0.0184. The van der Waals surface area contributed by atoms with Crippen LogP contribution in [0.3, 0.4) is 0 Å². The minimum Gasteiger partial charge on any atom is -0.488 e. The fourth-order valence-corrected chi connectivity index (χ4v) is 3.55. The van der Waals surface area contributed by atoms with Crippen LogP contribution in [0.2, 0.25) is 10.0 Å². The Morgan fingerprint density at radius 3 is 2.14 bits per heavy atom. The summed E-state index contributed by atoms with van der Waals surface area (Å²) in [6, 6.07) is 19.3. The van der Waals surface area contributed by atoms with Crippen molar-refractivity contribution < 1.29 is 14.3 Å². The first kappa shape index (κ1) is 18.5. The first-order valence-corrected chi connectivity index (χ1v) is 9.36. The van der Waals surface area contributed by atoms with Crippen LogP contribution in [0.5, 0.6) is 5.75 Å². The van der Waals surface area contributed by atoms with Crippen LogP contribution in [0.25, 0.3) is 6.08 Å². The number of ketones is 2. The van der Waals surface area contributed by atoms with Crippen LogP contribution in [0, 0.1) is 0 Å². The summed E-state index contributed by atoms with van der Waals surface area (Å²) in [6.07, 6.45) is 1.59. The average molecular weight is 409 g/mol. The van der Waals surface area contributed by atoms with Gasteiger partial charge in [0.1, 0.15) is 12.4 Å². The molecule has 3 nitrogen and oxygen atoms in total. The first-order chi connectivity index (χ1) is 13.5. The lowest BCUT2D eigenvalue weighted by Gasteiger charge is -2.11. The lowest BCUT2D eigenvalue weighted by Crippen LogP contribution is -2.02. The molecular formula is C23H14Cl2O3. The number of carbonyl (C=O) groups is 2. The second-order valence-electron chi connectivity index (χ2n) is 6.32. The van der Waals surface area contributed by atoms with Gasteiger partial charge in [0.2, 0.25) is 0 Å². The van der Waals surface area contributed by atoms with Crippen molar-refractivity contribution in [2.75, 3.05) is 0 Å². The summed E-state index contributed by atoms with van der Waals surface area (Å²) >= 11 is 12.1. The number of ether oxygens (including phenoxy) is 1. The highest BCUT2D eigenvalue weighted by Crippen LogP contribution is 2.30. The van der Waals surface area contributed by atoms with Gasteiger partial charge >= 0.3 is 0 Å². The van der Waals surface area contributed by atoms with E-state index in [-0.39, 0.29) is 23.7 Å². The highest BCUT2D eigenvalue weighted by atomic mass is 35.5. The smallest absolute Gasteiger partial charge is 0.197 e. The fraction of sp³-hybridized carbons (Fsp3) is 0.0435. The summed E-state index contributed by atoms with van der Waals surface area (Å²) in [7, 11) is 0. The number of rotatable bonds is 4. The number of benzene rings is 3. The van der Waals surface area contributed by atoms with Gasteiger partial charge in [-0.05, 0) is 24.3 Å². The molecule has 28 heavy (non-hydrogen) atoms. The molecule has 0 unspecified atom stereocenters. The van der Waals surface area contributed by atoms with Gasteiger partial charge in [-0.3, -0.25) is 9.59 Å². The van der Waals surface area contributed by atoms with Crippen molar-refractivity contribution in [3.05, 3.63) is 105 Å². The Morgan fingerprint density at radius 2 is 1.46 bits per heavy atom. The number of fused-ring (bicyclic) bond motifs is 1. The third kappa shape index (κ3) is 3.47. The standard InChI is InChI=1S/C23H14Cl2O3/c24-16-10-9-15(20(25)12-16)13-28-21-8-4-1-5-14(21)11-19-22(26)17-6-2-3-7-18(17)23(19)27/h1-12H,13H2. The van der Waals surface area contributed by atoms with Crippen molar-refractivity contribution in [1.29, 1.82) is 0 Å². The van der Waals surface area contributed by atoms with Gasteiger partial charge in [0.25, 0.3) is 0 Å². The zero-order chi connectivity index (χ0) is 19.7. The number of Topliss-reactive ketones (excluding diaryl/α,β-unsaturated/α-hetero) is 2. The monoisotopic (exact) mass is 408 g/mol. The Hall–Kier alpha value is -2.88. The van der Waals surface area contributed by atoms with E-state index in [1.807, 2.05) is 12.1 Å². The molecule has 3 aromatic carbocycles. The van der Waals surface area contributed by atoms with Gasteiger partial charge in [-0.15, -0.1) is 0 Å². The predicted octanol–water partition coefficient (Wildman–Crippen LogP) is 6.04. The Morgan fingerprint density at radius 1 is 0.821 bits per heavy atom. The van der Waals surface area contributed by atoms with Crippen molar-refractivity contribution in [3.63, 3.8) is 0 Å². The van der Waals surface area contributed by atoms with Crippen molar-refractivity contribution in [1.82, 2.24) is 0 Å². The van der Waals surface area contributed by atoms with Crippen molar-refractivity contribution in [3.8, 4) is 5.75 Å². The highest BCUT2D eigenvalue weighted by Gasteiger charge is 2.32. The van der Waals surface area contributed by atoms with Crippen LogP contribution in [0.4, 0.5) is 0 Å². The third-order valence-electron chi connectivity index (χ3n) is 4.52. The van der Waals surface area contributed by atoms with Crippen LogP contribution in [0.15, 0.2) is 72.3 Å². The van der Waals surface area contributed by atoms with Gasteiger partial charge in [-0.2, -0.15) is 0 Å². The predicted molar refractivity (Wildman–Crippen MR) is 110 cm³/mol. The maximum absolute atomic E-state index is 12.6. The number of hydrogen-bond donors (Lipinski definition) is 0. The Bertz CT molecular complexity index is 1100. The van der Waals surface area contributed by atoms with E-state index in [9.17, 15) is 9.59 Å². The molecule has 0 aliphatic heterocycles. The van der Waals surface area contributed by atoms with E-state index in [1.54, 1.807) is 60.7 Å². The molecule has 0 bridgehead atoms. The average Bonchev–Trinajstić information content (AvgIpc) is 2.93. The molecule has 0 fully saturated rings. The maximum Gasteiger partial charge on any atom is 0.197 e. The third-order valence-corrected chi connectivity index (χ3v) is 5.11. The van der Waals surface area contributed by atoms with E-state index >= 15 is 0 Å². The normalized spacial score (nSPS) is 12.9. The molecule has 5 heteroatoms. The van der Waals surface area contributed by atoms with E-state index in [0.717, 1.165) is 5.56 Å². The van der Waals surface area contributed by atoms with Crippen LogP contribution in [0.1, 0.15) is 31.8 Å². The van der Waals surface area contributed by atoms with E-state index < -0.39 is 0 Å². The molecule has 0 saturated heterocycles. The summed E-state index contributed by atoms with van der Waals surface area (Å²) < 4.78 is 5.91. The molecule has 1 aliphatic rings. The molecule has 0 heterocycles. The molecule has 0 radical (unpaired) electrons. The van der Waals surface area contributed by atoms with E-state index in [0.29, 0.717) is 32.5 Å². The Kier molecular flexibility index (Phi) is 5.03. The lowest BCUT2D eigenvalue weighted by molar-refractivity contribution is 0.0990. The SMILES string of the molecule is O=C1C(=Cc2ccccc2OCc2ccc(Cl)cc2Cl)C(=O)c2ccccc21. The zero-order valence-corrected chi connectivity index (χ0v) is 16.1. The van der Waals surface area contributed by atoms with Gasteiger partial charge in [0.15, 0.2) is 11.6 Å². The van der Waals surface area contributed by atoms with Crippen molar-refractivity contribution in [2.24, 2.45) is 0 Å². The molecular weight excluding hydrogens is 395 g/mol. The summed E-state index contributed by atoms with van der Waals surface area (Å²) in [6.45, 7) is 0.234. The first-order valence-electron chi connectivity index (χ1n) is 8.60. The Labute approximate surface area is 172 Å². The van der Waals surface area contributed by atoms with Gasteiger partial charge in [-0.1, -0.05) is 71.7 Å². The van der Waals surface area contributed by atoms with Crippen LogP contribution < -0.4 is 4.74 Å². The van der Waals surface area contributed by atoms with E-state index in [4.69, 9.17) is 27.9 Å². The quantitative estimate of drug-likeness (QED) is 0.390. The molecule has 0 atom stereocenters. The van der Waals surface area contributed by atoms with Crippen molar-refractivity contribution >= 4 is 40.8 Å². The Balaban J connectivity index is 1.63. The molecule has 0 aromatic heterocycles. The van der Waals surface area contributed by atoms with Crippen LogP contribution in [-0.4, -0.2) is 11.6 Å². The number of halogens is 2. The highest BCUT2D eigenvalue weighted by molar-refractivity contribution is 6.41.